The quantitative estimate of drug-likeness (QED) is 0.451. The van der Waals surface area contributed by atoms with E-state index in [9.17, 15) is 0 Å². The van der Waals surface area contributed by atoms with Gasteiger partial charge < -0.3 is 14.2 Å². The number of methoxy groups -OCH3 is 1. The van der Waals surface area contributed by atoms with Gasteiger partial charge in [0.25, 0.3) is 5.91 Å². The van der Waals surface area contributed by atoms with Crippen molar-refractivity contribution in [2.24, 2.45) is 0 Å². The summed E-state index contributed by atoms with van der Waals surface area (Å²) in [4.78, 5) is 4.44. The molecule has 1 heterocycles. The van der Waals surface area contributed by atoms with Crippen LogP contribution in [0.3, 0.4) is 0 Å². The van der Waals surface area contributed by atoms with Crippen LogP contribution in [-0.4, -0.2) is 61.8 Å². The van der Waals surface area contributed by atoms with Gasteiger partial charge in [0, 0.05) is 45.1 Å². The molecule has 0 bridgehead atoms. The van der Waals surface area contributed by atoms with Crippen LogP contribution in [0, 0.1) is 0 Å². The maximum absolute atomic E-state index is 5.93. The van der Waals surface area contributed by atoms with Crippen LogP contribution in [-0.2, 0) is 14.2 Å². The summed E-state index contributed by atoms with van der Waals surface area (Å²) in [5.74, 6) is -0.928. The summed E-state index contributed by atoms with van der Waals surface area (Å²) >= 11 is 0. The average molecular weight is 338 g/mol. The molecule has 0 spiro atoms. The molecule has 0 amide bonds. The molecule has 0 aromatic heterocycles. The molecular weight excluding hydrogens is 304 g/mol. The minimum atomic E-state index is -0.928. The van der Waals surface area contributed by atoms with Gasteiger partial charge in [0.2, 0.25) is 0 Å². The minimum Gasteiger partial charge on any atom is -0.379 e. The van der Waals surface area contributed by atoms with E-state index in [1.165, 1.54) is 11.3 Å². The number of hydrogen-bond acceptors (Lipinski definition) is 5. The summed E-state index contributed by atoms with van der Waals surface area (Å²) in [7, 11) is 1.65. The highest BCUT2D eigenvalue weighted by atomic mass is 16.7. The maximum atomic E-state index is 5.93. The Hall–Kier alpha value is -1.14. The summed E-state index contributed by atoms with van der Waals surface area (Å²) in [5, 5.41) is 0. The lowest BCUT2D eigenvalue weighted by molar-refractivity contribution is -0.270. The Morgan fingerprint density at radius 3 is 2.46 bits per heavy atom. The number of allylic oxidation sites excluding steroid dienone is 1. The van der Waals surface area contributed by atoms with Crippen LogP contribution in [0.5, 0.6) is 0 Å². The topological polar surface area (TPSA) is 34.2 Å². The minimum absolute atomic E-state index is 0.216. The monoisotopic (exact) mass is 338 g/mol. The van der Waals surface area contributed by atoms with Crippen molar-refractivity contribution in [2.45, 2.75) is 46.1 Å². The van der Waals surface area contributed by atoms with Gasteiger partial charge in [-0.2, -0.15) is 0 Å². The third-order valence-corrected chi connectivity index (χ3v) is 4.68. The third kappa shape index (κ3) is 4.93. The van der Waals surface area contributed by atoms with Gasteiger partial charge >= 0.3 is 0 Å². The molecular formula is C19H34N2O3. The van der Waals surface area contributed by atoms with Gasteiger partial charge in [-0.3, -0.25) is 9.80 Å². The number of nitrogens with zero attached hydrogens (tertiary/aromatic N) is 2. The molecule has 0 N–H and O–H groups in total. The normalized spacial score (nSPS) is 20.7. The van der Waals surface area contributed by atoms with Crippen LogP contribution in [0.25, 0.3) is 0 Å². The van der Waals surface area contributed by atoms with Crippen molar-refractivity contribution in [1.29, 1.82) is 0 Å². The second-order valence-corrected chi connectivity index (χ2v) is 6.10. The molecule has 0 aliphatic carbocycles. The molecule has 1 rings (SSSR count). The van der Waals surface area contributed by atoms with Gasteiger partial charge in [-0.25, -0.2) is 0 Å². The first-order valence-electron chi connectivity index (χ1n) is 8.68. The zero-order valence-electron chi connectivity index (χ0n) is 16.0. The lowest BCUT2D eigenvalue weighted by Gasteiger charge is -2.45. The van der Waals surface area contributed by atoms with Gasteiger partial charge in [-0.15, -0.1) is 6.58 Å². The van der Waals surface area contributed by atoms with Crippen molar-refractivity contribution in [3.63, 3.8) is 0 Å². The summed E-state index contributed by atoms with van der Waals surface area (Å²) in [5.41, 5.74) is 2.46. The fourth-order valence-corrected chi connectivity index (χ4v) is 3.01. The lowest BCUT2D eigenvalue weighted by Crippen LogP contribution is -2.52. The Morgan fingerprint density at radius 2 is 2.00 bits per heavy atom. The molecule has 0 aromatic carbocycles. The fourth-order valence-electron chi connectivity index (χ4n) is 3.01. The first-order valence-corrected chi connectivity index (χ1v) is 8.68. The first-order chi connectivity index (χ1) is 11.4. The molecule has 0 radical (unpaired) electrons. The van der Waals surface area contributed by atoms with Crippen LogP contribution in [0.4, 0.5) is 0 Å². The van der Waals surface area contributed by atoms with Crippen molar-refractivity contribution in [3.05, 3.63) is 36.7 Å². The summed E-state index contributed by atoms with van der Waals surface area (Å²) in [6, 6.07) is 0.216. The van der Waals surface area contributed by atoms with Crippen molar-refractivity contribution in [1.82, 2.24) is 9.80 Å². The van der Waals surface area contributed by atoms with Crippen LogP contribution < -0.4 is 0 Å². The predicted molar refractivity (Wildman–Crippen MR) is 98.4 cm³/mol. The largest absolute Gasteiger partial charge is 0.379 e. The molecule has 2 unspecified atom stereocenters. The van der Waals surface area contributed by atoms with Gasteiger partial charge in [-0.1, -0.05) is 25.2 Å². The summed E-state index contributed by atoms with van der Waals surface area (Å²) in [6.07, 6.45) is 4.47. The Kier molecular flexibility index (Phi) is 8.70. The smallest absolute Gasteiger partial charge is 0.252 e. The standard InChI is InChI=1S/C19H34N2O3/c1-8-13-24-19(6,22-7)21(10-3)18(16(4)9-2)17(5)20-11-14-23-15-12-20/h8,10,17H,1,3,9,11-15H2,2,4-7H3/b18-16-. The van der Waals surface area contributed by atoms with Crippen molar-refractivity contribution < 1.29 is 14.2 Å². The van der Waals surface area contributed by atoms with Crippen LogP contribution in [0.15, 0.2) is 36.7 Å². The van der Waals surface area contributed by atoms with E-state index < -0.39 is 5.91 Å². The third-order valence-electron chi connectivity index (χ3n) is 4.68. The molecule has 2 atom stereocenters. The Balaban J connectivity index is 3.20. The molecule has 0 aromatic rings. The highest BCUT2D eigenvalue weighted by molar-refractivity contribution is 5.20. The maximum Gasteiger partial charge on any atom is 0.252 e. The van der Waals surface area contributed by atoms with Crippen molar-refractivity contribution >= 4 is 0 Å². The molecule has 1 fully saturated rings. The molecule has 5 heteroatoms. The first kappa shape index (κ1) is 20.9. The average Bonchev–Trinajstić information content (AvgIpc) is 2.63. The van der Waals surface area contributed by atoms with E-state index in [0.717, 1.165) is 32.7 Å². The van der Waals surface area contributed by atoms with E-state index >= 15 is 0 Å². The molecule has 1 aliphatic rings. The number of rotatable bonds is 10. The second-order valence-electron chi connectivity index (χ2n) is 6.10. The highest BCUT2D eigenvalue weighted by Crippen LogP contribution is 2.30. The van der Waals surface area contributed by atoms with E-state index in [4.69, 9.17) is 14.2 Å². The zero-order chi connectivity index (χ0) is 18.2. The fraction of sp³-hybridized carbons (Fsp3) is 0.684. The molecule has 0 saturated carbocycles. The number of morpholine rings is 1. The van der Waals surface area contributed by atoms with E-state index in [2.05, 4.69) is 38.8 Å². The SMILES string of the molecule is C=CCOC(C)(OC)N(C=C)/C(=C(/C)CC)C(C)N1CCOCC1. The van der Waals surface area contributed by atoms with Crippen LogP contribution in [0.1, 0.15) is 34.1 Å². The van der Waals surface area contributed by atoms with Gasteiger partial charge in [0.05, 0.1) is 19.8 Å². The van der Waals surface area contributed by atoms with E-state index in [1.54, 1.807) is 19.4 Å². The predicted octanol–water partition coefficient (Wildman–Crippen LogP) is 3.36. The Bertz CT molecular complexity index is 444. The van der Waals surface area contributed by atoms with Crippen molar-refractivity contribution in [2.75, 3.05) is 40.0 Å². The number of hydrogen-bond donors (Lipinski definition) is 0. The molecule has 1 aliphatic heterocycles. The Labute approximate surface area is 147 Å². The highest BCUT2D eigenvalue weighted by Gasteiger charge is 2.36. The van der Waals surface area contributed by atoms with Gasteiger partial charge in [0.1, 0.15) is 0 Å². The zero-order valence-corrected chi connectivity index (χ0v) is 16.0. The second kappa shape index (κ2) is 9.99. The van der Waals surface area contributed by atoms with E-state index in [-0.39, 0.29) is 6.04 Å². The molecule has 138 valence electrons. The van der Waals surface area contributed by atoms with Crippen molar-refractivity contribution in [3.8, 4) is 0 Å². The number of ether oxygens (including phenoxy) is 3. The van der Waals surface area contributed by atoms with Gasteiger partial charge in [-0.05, 0) is 20.3 Å². The Morgan fingerprint density at radius 1 is 1.38 bits per heavy atom. The molecule has 5 nitrogen and oxygen atoms in total. The van der Waals surface area contributed by atoms with Gasteiger partial charge in [0.15, 0.2) is 0 Å². The van der Waals surface area contributed by atoms with Crippen LogP contribution >= 0.6 is 0 Å². The summed E-state index contributed by atoms with van der Waals surface area (Å²) in [6.45, 7) is 20.0. The van der Waals surface area contributed by atoms with E-state index in [0.29, 0.717) is 6.61 Å². The lowest BCUT2D eigenvalue weighted by atomic mass is 10.0. The molecule has 1 saturated heterocycles. The molecule has 24 heavy (non-hydrogen) atoms. The van der Waals surface area contributed by atoms with E-state index in [1.807, 2.05) is 11.8 Å². The summed E-state index contributed by atoms with van der Waals surface area (Å²) < 4.78 is 17.1. The van der Waals surface area contributed by atoms with Crippen LogP contribution in [0.2, 0.25) is 0 Å².